The Morgan fingerprint density at radius 3 is 2.27 bits per heavy atom. The lowest BCUT2D eigenvalue weighted by Gasteiger charge is -2.08. The molecule has 0 saturated heterocycles. The van der Waals surface area contributed by atoms with Crippen molar-refractivity contribution < 1.29 is 33.4 Å². The summed E-state index contributed by atoms with van der Waals surface area (Å²) in [6.07, 6.45) is 0. The molecule has 0 aliphatic carbocycles. The van der Waals surface area contributed by atoms with Gasteiger partial charge in [-0.05, 0) is 50.6 Å². The molecule has 1 aromatic heterocycles. The summed E-state index contributed by atoms with van der Waals surface area (Å²) in [6.45, 7) is 4.34. The van der Waals surface area contributed by atoms with Gasteiger partial charge >= 0.3 is 18.0 Å². The highest BCUT2D eigenvalue weighted by molar-refractivity contribution is 6.03. The van der Waals surface area contributed by atoms with Crippen molar-refractivity contribution in [1.82, 2.24) is 10.3 Å². The minimum atomic E-state index is -0.814. The molecule has 1 heterocycles. The van der Waals surface area contributed by atoms with Crippen LogP contribution in [0.3, 0.4) is 0 Å². The lowest BCUT2D eigenvalue weighted by Crippen LogP contribution is -2.37. The van der Waals surface area contributed by atoms with Crippen molar-refractivity contribution >= 4 is 29.6 Å². The molecular weight excluding hydrogens is 394 g/mol. The van der Waals surface area contributed by atoms with Crippen LogP contribution in [0.25, 0.3) is 0 Å². The molecule has 3 N–H and O–H groups in total. The fourth-order valence-electron chi connectivity index (χ4n) is 2.67. The van der Waals surface area contributed by atoms with Gasteiger partial charge in [0.05, 0.1) is 19.3 Å². The molecule has 0 unspecified atom stereocenters. The van der Waals surface area contributed by atoms with Crippen LogP contribution in [0.15, 0.2) is 24.3 Å². The van der Waals surface area contributed by atoms with Crippen LogP contribution in [0.5, 0.6) is 5.75 Å². The number of aromatic nitrogens is 1. The molecule has 2 aromatic rings. The van der Waals surface area contributed by atoms with E-state index < -0.39 is 30.5 Å². The number of rotatable bonds is 7. The summed E-state index contributed by atoms with van der Waals surface area (Å²) >= 11 is 0. The van der Waals surface area contributed by atoms with Crippen LogP contribution in [-0.2, 0) is 14.3 Å². The molecule has 0 aliphatic rings. The first-order valence-electron chi connectivity index (χ1n) is 9.05. The number of ether oxygens (including phenoxy) is 3. The van der Waals surface area contributed by atoms with Crippen molar-refractivity contribution in [3.05, 3.63) is 46.8 Å². The van der Waals surface area contributed by atoms with Gasteiger partial charge in [0.15, 0.2) is 6.61 Å². The predicted molar refractivity (Wildman–Crippen MR) is 107 cm³/mol. The second kappa shape index (κ2) is 10.1. The second-order valence-corrected chi connectivity index (χ2v) is 6.15. The van der Waals surface area contributed by atoms with E-state index >= 15 is 0 Å². The second-order valence-electron chi connectivity index (χ2n) is 6.15. The Morgan fingerprint density at radius 2 is 1.67 bits per heavy atom. The van der Waals surface area contributed by atoms with Crippen LogP contribution >= 0.6 is 0 Å². The Balaban J connectivity index is 1.90. The molecule has 0 fully saturated rings. The monoisotopic (exact) mass is 417 g/mol. The Bertz CT molecular complexity index is 948. The quantitative estimate of drug-likeness (QED) is 0.588. The SMILES string of the molecule is CCOC(=O)c1[nH]c(C)c(C(=O)OCC(=O)NC(=O)Nc2ccc(OC)cc2)c1C. The molecule has 0 bridgehead atoms. The number of hydrogen-bond donors (Lipinski definition) is 3. The Labute approximate surface area is 172 Å². The van der Waals surface area contributed by atoms with E-state index in [-0.39, 0.29) is 17.9 Å². The zero-order valence-electron chi connectivity index (χ0n) is 17.1. The lowest BCUT2D eigenvalue weighted by atomic mass is 10.1. The van der Waals surface area contributed by atoms with E-state index in [0.29, 0.717) is 22.7 Å². The Kier molecular flexibility index (Phi) is 7.56. The van der Waals surface area contributed by atoms with Crippen LogP contribution in [-0.4, -0.2) is 49.2 Å². The van der Waals surface area contributed by atoms with Gasteiger partial charge in [0.2, 0.25) is 0 Å². The fourth-order valence-corrected chi connectivity index (χ4v) is 2.67. The number of hydrogen-bond acceptors (Lipinski definition) is 7. The van der Waals surface area contributed by atoms with Gasteiger partial charge in [0, 0.05) is 11.4 Å². The van der Waals surface area contributed by atoms with E-state index in [1.807, 2.05) is 0 Å². The van der Waals surface area contributed by atoms with Crippen LogP contribution in [0.1, 0.15) is 39.0 Å². The minimum absolute atomic E-state index is 0.133. The normalized spacial score (nSPS) is 10.1. The van der Waals surface area contributed by atoms with Crippen molar-refractivity contribution in [2.75, 3.05) is 25.6 Å². The van der Waals surface area contributed by atoms with Crippen molar-refractivity contribution in [3.63, 3.8) is 0 Å². The summed E-state index contributed by atoms with van der Waals surface area (Å²) in [5.74, 6) is -1.59. The number of esters is 2. The third kappa shape index (κ3) is 5.60. The number of nitrogens with one attached hydrogen (secondary N) is 3. The average Bonchev–Trinajstić information content (AvgIpc) is 3.01. The molecule has 3 amide bonds. The van der Waals surface area contributed by atoms with Crippen LogP contribution < -0.4 is 15.4 Å². The highest BCUT2D eigenvalue weighted by atomic mass is 16.5. The fraction of sp³-hybridized carbons (Fsp3) is 0.300. The number of aryl methyl sites for hydroxylation is 1. The number of carbonyl (C=O) groups excluding carboxylic acids is 4. The van der Waals surface area contributed by atoms with Gasteiger partial charge in [0.25, 0.3) is 5.91 Å². The Hall–Kier alpha value is -3.82. The molecule has 0 aliphatic heterocycles. The zero-order chi connectivity index (χ0) is 22.3. The molecule has 0 radical (unpaired) electrons. The first-order valence-corrected chi connectivity index (χ1v) is 9.05. The zero-order valence-corrected chi connectivity index (χ0v) is 17.1. The van der Waals surface area contributed by atoms with E-state index in [1.54, 1.807) is 45.0 Å². The lowest BCUT2D eigenvalue weighted by molar-refractivity contribution is -0.123. The molecule has 10 nitrogen and oxygen atoms in total. The van der Waals surface area contributed by atoms with Gasteiger partial charge in [0.1, 0.15) is 11.4 Å². The van der Waals surface area contributed by atoms with Crippen LogP contribution in [0.2, 0.25) is 0 Å². The van der Waals surface area contributed by atoms with Crippen LogP contribution in [0.4, 0.5) is 10.5 Å². The maximum Gasteiger partial charge on any atom is 0.355 e. The van der Waals surface area contributed by atoms with Gasteiger partial charge in [-0.25, -0.2) is 14.4 Å². The maximum absolute atomic E-state index is 12.3. The molecule has 30 heavy (non-hydrogen) atoms. The number of aromatic amines is 1. The third-order valence-corrected chi connectivity index (χ3v) is 4.06. The summed E-state index contributed by atoms with van der Waals surface area (Å²) < 4.78 is 14.9. The summed E-state index contributed by atoms with van der Waals surface area (Å²) in [6, 6.07) is 5.71. The number of methoxy groups -OCH3 is 1. The molecule has 0 atom stereocenters. The highest BCUT2D eigenvalue weighted by Crippen LogP contribution is 2.20. The molecule has 0 spiro atoms. The number of amides is 3. The van der Waals surface area contributed by atoms with Gasteiger partial charge in [-0.1, -0.05) is 0 Å². The average molecular weight is 417 g/mol. The Morgan fingerprint density at radius 1 is 1.00 bits per heavy atom. The van der Waals surface area contributed by atoms with E-state index in [1.165, 1.54) is 7.11 Å². The van der Waals surface area contributed by atoms with Crippen molar-refractivity contribution in [2.45, 2.75) is 20.8 Å². The van der Waals surface area contributed by atoms with Gasteiger partial charge < -0.3 is 24.5 Å². The molecule has 160 valence electrons. The molecule has 2 rings (SSSR count). The van der Waals surface area contributed by atoms with E-state index in [2.05, 4.69) is 15.6 Å². The summed E-state index contributed by atoms with van der Waals surface area (Å²) in [5, 5.41) is 4.52. The van der Waals surface area contributed by atoms with Crippen molar-refractivity contribution in [2.24, 2.45) is 0 Å². The molecule has 0 saturated carbocycles. The predicted octanol–water partition coefficient (Wildman–Crippen LogP) is 2.32. The standard InChI is InChI=1S/C20H23N3O7/c1-5-29-19(26)17-11(2)16(12(3)21-17)18(25)30-10-15(24)23-20(27)22-13-6-8-14(28-4)9-7-13/h6-9,21H,5,10H2,1-4H3,(H2,22,23,24,27). The molecule has 1 aromatic carbocycles. The smallest absolute Gasteiger partial charge is 0.355 e. The van der Waals surface area contributed by atoms with Crippen molar-refractivity contribution in [3.8, 4) is 5.75 Å². The van der Waals surface area contributed by atoms with Gasteiger partial charge in [-0.15, -0.1) is 0 Å². The minimum Gasteiger partial charge on any atom is -0.497 e. The summed E-state index contributed by atoms with van der Waals surface area (Å²) in [4.78, 5) is 50.8. The number of benzene rings is 1. The third-order valence-electron chi connectivity index (χ3n) is 4.06. The number of imide groups is 1. The van der Waals surface area contributed by atoms with Crippen LogP contribution in [0, 0.1) is 13.8 Å². The first-order chi connectivity index (χ1) is 14.3. The first kappa shape index (κ1) is 22.5. The van der Waals surface area contributed by atoms with Gasteiger partial charge in [-0.3, -0.25) is 10.1 Å². The maximum atomic E-state index is 12.3. The van der Waals surface area contributed by atoms with E-state index in [4.69, 9.17) is 14.2 Å². The number of H-pyrrole nitrogens is 1. The summed E-state index contributed by atoms with van der Waals surface area (Å²) in [5.41, 5.74) is 1.48. The topological polar surface area (TPSA) is 136 Å². The number of urea groups is 1. The van der Waals surface area contributed by atoms with Crippen molar-refractivity contribution in [1.29, 1.82) is 0 Å². The number of anilines is 1. The van der Waals surface area contributed by atoms with E-state index in [9.17, 15) is 19.2 Å². The highest BCUT2D eigenvalue weighted by Gasteiger charge is 2.24. The summed E-state index contributed by atoms with van der Waals surface area (Å²) in [7, 11) is 1.52. The molecular formula is C20H23N3O7. The van der Waals surface area contributed by atoms with E-state index in [0.717, 1.165) is 0 Å². The largest absolute Gasteiger partial charge is 0.497 e. The van der Waals surface area contributed by atoms with Gasteiger partial charge in [-0.2, -0.15) is 0 Å². The number of carbonyl (C=O) groups is 4. The molecule has 10 heteroatoms.